The van der Waals surface area contributed by atoms with Crippen molar-refractivity contribution in [2.75, 3.05) is 7.05 Å². The minimum absolute atomic E-state index is 0.0218. The molecule has 0 fully saturated rings. The summed E-state index contributed by atoms with van der Waals surface area (Å²) >= 11 is 0. The summed E-state index contributed by atoms with van der Waals surface area (Å²) in [4.78, 5) is 16.7. The highest BCUT2D eigenvalue weighted by molar-refractivity contribution is 6.01. The molecule has 0 saturated carbocycles. The first-order chi connectivity index (χ1) is 16.8. The fraction of sp³-hybridized carbons (Fsp3) is 0.115. The summed E-state index contributed by atoms with van der Waals surface area (Å²) in [5.74, 6) is -0.793. The Morgan fingerprint density at radius 3 is 2.40 bits per heavy atom. The summed E-state index contributed by atoms with van der Waals surface area (Å²) in [6, 6.07) is 19.2. The van der Waals surface area contributed by atoms with Gasteiger partial charge in [-0.1, -0.05) is 42.5 Å². The monoisotopic (exact) mass is 476 g/mol. The van der Waals surface area contributed by atoms with Crippen molar-refractivity contribution in [3.63, 3.8) is 0 Å². The number of nitrogens with zero attached hydrogens (tertiary/aromatic N) is 3. The maximum Gasteiger partial charge on any atom is 0.425 e. The number of nitrogens with one attached hydrogen (secondary N) is 1. The quantitative estimate of drug-likeness (QED) is 0.393. The fourth-order valence-electron chi connectivity index (χ4n) is 4.32. The molecular weight excluding hydrogens is 457 g/mol. The van der Waals surface area contributed by atoms with Crippen LogP contribution in [0.2, 0.25) is 0 Å². The normalized spacial score (nSPS) is 13.6. The number of fused-ring (bicyclic) bond motifs is 2. The van der Waals surface area contributed by atoms with E-state index in [-0.39, 0.29) is 16.5 Å². The van der Waals surface area contributed by atoms with Crippen LogP contribution in [0.4, 0.5) is 13.2 Å². The number of alkyl halides is 3. The Bertz CT molecular complexity index is 1560. The van der Waals surface area contributed by atoms with Gasteiger partial charge >= 0.3 is 6.18 Å². The second-order valence-corrected chi connectivity index (χ2v) is 8.02. The van der Waals surface area contributed by atoms with Crippen LogP contribution in [0.25, 0.3) is 27.5 Å². The van der Waals surface area contributed by atoms with Gasteiger partial charge in [0.15, 0.2) is 0 Å². The summed E-state index contributed by atoms with van der Waals surface area (Å²) < 4.78 is 46.0. The number of aliphatic hydroxyl groups is 1. The van der Waals surface area contributed by atoms with Gasteiger partial charge in [-0.15, -0.1) is 0 Å². The number of para-hydroxylation sites is 2. The van der Waals surface area contributed by atoms with E-state index in [1.54, 1.807) is 10.7 Å². The number of amides is 1. The van der Waals surface area contributed by atoms with E-state index in [4.69, 9.17) is 0 Å². The summed E-state index contributed by atoms with van der Waals surface area (Å²) in [6.07, 6.45) is -2.67. The van der Waals surface area contributed by atoms with Crippen LogP contribution in [0.5, 0.6) is 0 Å². The van der Waals surface area contributed by atoms with Crippen molar-refractivity contribution in [2.24, 2.45) is 0 Å². The van der Waals surface area contributed by atoms with E-state index in [2.05, 4.69) is 15.4 Å². The predicted molar refractivity (Wildman–Crippen MR) is 125 cm³/mol. The van der Waals surface area contributed by atoms with Crippen LogP contribution in [0.1, 0.15) is 21.5 Å². The van der Waals surface area contributed by atoms with Crippen LogP contribution in [0.15, 0.2) is 85.2 Å². The molecule has 2 heterocycles. The number of rotatable bonds is 4. The first-order valence-electron chi connectivity index (χ1n) is 10.7. The van der Waals surface area contributed by atoms with Crippen molar-refractivity contribution in [3.8, 4) is 5.69 Å². The zero-order valence-electron chi connectivity index (χ0n) is 18.4. The molecule has 0 aliphatic rings. The average Bonchev–Trinajstić information content (AvgIpc) is 3.30. The van der Waals surface area contributed by atoms with E-state index >= 15 is 0 Å². The Labute approximate surface area is 197 Å². The first kappa shape index (κ1) is 22.5. The van der Waals surface area contributed by atoms with Crippen molar-refractivity contribution in [1.29, 1.82) is 0 Å². The maximum absolute atomic E-state index is 14.8. The number of hydrogen-bond donors (Lipinski definition) is 2. The highest BCUT2D eigenvalue weighted by Crippen LogP contribution is 2.48. The van der Waals surface area contributed by atoms with E-state index in [9.17, 15) is 23.1 Å². The molecule has 35 heavy (non-hydrogen) atoms. The van der Waals surface area contributed by atoms with Crippen molar-refractivity contribution < 1.29 is 23.1 Å². The lowest BCUT2D eigenvalue weighted by atomic mass is 9.80. The third-order valence-corrected chi connectivity index (χ3v) is 6.01. The average molecular weight is 476 g/mol. The lowest BCUT2D eigenvalue weighted by molar-refractivity contribution is -0.247. The van der Waals surface area contributed by atoms with E-state index < -0.39 is 28.8 Å². The van der Waals surface area contributed by atoms with Gasteiger partial charge in [0.2, 0.25) is 5.60 Å². The van der Waals surface area contributed by atoms with Gasteiger partial charge in [0.25, 0.3) is 5.91 Å². The van der Waals surface area contributed by atoms with E-state index in [1.165, 1.54) is 49.6 Å². The topological polar surface area (TPSA) is 80.0 Å². The Hall–Kier alpha value is -4.24. The third-order valence-electron chi connectivity index (χ3n) is 6.01. The van der Waals surface area contributed by atoms with Gasteiger partial charge in [-0.05, 0) is 35.9 Å². The van der Waals surface area contributed by atoms with Crippen LogP contribution in [-0.2, 0) is 5.60 Å². The molecule has 2 aromatic heterocycles. The Balaban J connectivity index is 1.80. The largest absolute Gasteiger partial charge is 0.425 e. The zero-order valence-corrected chi connectivity index (χ0v) is 18.4. The fourth-order valence-corrected chi connectivity index (χ4v) is 4.32. The number of pyridine rings is 1. The van der Waals surface area contributed by atoms with Gasteiger partial charge in [0, 0.05) is 29.6 Å². The molecule has 3 aromatic carbocycles. The molecule has 1 unspecified atom stereocenters. The van der Waals surface area contributed by atoms with Crippen LogP contribution in [-0.4, -0.2) is 39.0 Å². The molecule has 1 amide bonds. The molecule has 0 bridgehead atoms. The number of carbonyl (C=O) groups is 1. The highest BCUT2D eigenvalue weighted by atomic mass is 19.4. The minimum Gasteiger partial charge on any atom is -0.372 e. The summed E-state index contributed by atoms with van der Waals surface area (Å²) in [7, 11) is 1.30. The van der Waals surface area contributed by atoms with Crippen molar-refractivity contribution in [2.45, 2.75) is 11.8 Å². The second-order valence-electron chi connectivity index (χ2n) is 8.02. The van der Waals surface area contributed by atoms with Crippen LogP contribution >= 0.6 is 0 Å². The van der Waals surface area contributed by atoms with Crippen molar-refractivity contribution in [1.82, 2.24) is 20.1 Å². The number of benzene rings is 3. The number of aromatic nitrogens is 3. The predicted octanol–water partition coefficient (Wildman–Crippen LogP) is 4.73. The molecule has 0 spiro atoms. The maximum atomic E-state index is 14.8. The first-order valence-corrected chi connectivity index (χ1v) is 10.7. The molecule has 6 nitrogen and oxygen atoms in total. The third kappa shape index (κ3) is 3.52. The smallest absolute Gasteiger partial charge is 0.372 e. The molecule has 9 heteroatoms. The van der Waals surface area contributed by atoms with Crippen LogP contribution in [0.3, 0.4) is 0 Å². The Morgan fingerprint density at radius 1 is 0.971 bits per heavy atom. The van der Waals surface area contributed by atoms with E-state index in [0.29, 0.717) is 10.9 Å². The highest BCUT2D eigenvalue weighted by Gasteiger charge is 2.58. The van der Waals surface area contributed by atoms with Gasteiger partial charge in [-0.2, -0.15) is 18.3 Å². The lowest BCUT2D eigenvalue weighted by Gasteiger charge is -2.33. The molecule has 2 N–H and O–H groups in total. The van der Waals surface area contributed by atoms with Crippen LogP contribution < -0.4 is 5.32 Å². The Kier molecular flexibility index (Phi) is 5.29. The number of hydrogen-bond acceptors (Lipinski definition) is 4. The number of halogens is 3. The number of carbonyl (C=O) groups excluding carboxylic acids is 1. The Morgan fingerprint density at radius 2 is 1.69 bits per heavy atom. The minimum atomic E-state index is -5.16. The zero-order chi connectivity index (χ0) is 24.8. The van der Waals surface area contributed by atoms with Gasteiger partial charge in [0.05, 0.1) is 28.5 Å². The molecule has 0 radical (unpaired) electrons. The van der Waals surface area contributed by atoms with E-state index in [1.807, 2.05) is 30.3 Å². The van der Waals surface area contributed by atoms with Crippen LogP contribution in [0, 0.1) is 0 Å². The molecular formula is C26H19F3N4O2. The molecule has 0 aliphatic carbocycles. The summed E-state index contributed by atoms with van der Waals surface area (Å²) in [6.45, 7) is 0. The standard InChI is InChI=1S/C26H19F3N4O2/c1-30-24(34)20-15-31-21-10-6-5-9-19(21)23(20)25(35,26(27,28)29)17-11-12-22-16(13-17)14-32-33(22)18-7-3-2-4-8-18/h2-15,35H,1H3,(H,30,34). The lowest BCUT2D eigenvalue weighted by Crippen LogP contribution is -2.45. The van der Waals surface area contributed by atoms with Crippen molar-refractivity contribution >= 4 is 27.7 Å². The second kappa shape index (κ2) is 8.21. The molecule has 176 valence electrons. The van der Waals surface area contributed by atoms with E-state index in [0.717, 1.165) is 11.9 Å². The molecule has 0 saturated heterocycles. The summed E-state index contributed by atoms with van der Waals surface area (Å²) in [5, 5.41) is 18.6. The molecule has 5 rings (SSSR count). The van der Waals surface area contributed by atoms with Gasteiger partial charge in [-0.3, -0.25) is 9.78 Å². The molecule has 5 aromatic rings. The van der Waals surface area contributed by atoms with Crippen molar-refractivity contribution in [3.05, 3.63) is 102 Å². The SMILES string of the molecule is CNC(=O)c1cnc2ccccc2c1C(O)(c1ccc2c(cnn2-c2ccccc2)c1)C(F)(F)F. The molecule has 0 aliphatic heterocycles. The summed E-state index contributed by atoms with van der Waals surface area (Å²) in [5.41, 5.74) is -3.36. The van der Waals surface area contributed by atoms with Gasteiger partial charge < -0.3 is 10.4 Å². The molecule has 1 atom stereocenters. The van der Waals surface area contributed by atoms with Gasteiger partial charge in [0.1, 0.15) is 0 Å². The van der Waals surface area contributed by atoms with Gasteiger partial charge in [-0.25, -0.2) is 4.68 Å².